The van der Waals surface area contributed by atoms with E-state index in [1.165, 1.54) is 12.1 Å². The third-order valence-corrected chi connectivity index (χ3v) is 2.60. The number of aromatic nitrogens is 1. The number of rotatable bonds is 3. The first-order valence-corrected chi connectivity index (χ1v) is 5.47. The second-order valence-electron chi connectivity index (χ2n) is 4.11. The number of alkyl halides is 3. The zero-order chi connectivity index (χ0) is 13.2. The summed E-state index contributed by atoms with van der Waals surface area (Å²) in [6.45, 7) is 0.589. The van der Waals surface area contributed by atoms with Crippen LogP contribution in [0.5, 0.6) is 0 Å². The molecule has 2 nitrogen and oxygen atoms in total. The summed E-state index contributed by atoms with van der Waals surface area (Å²) < 4.78 is 39.0. The van der Waals surface area contributed by atoms with Crippen molar-refractivity contribution in [2.75, 3.05) is 5.32 Å². The second kappa shape index (κ2) is 4.76. The van der Waals surface area contributed by atoms with Crippen LogP contribution >= 0.6 is 0 Å². The van der Waals surface area contributed by atoms with Gasteiger partial charge in [0.1, 0.15) is 0 Å². The maximum Gasteiger partial charge on any atom is 0.416 e. The predicted molar refractivity (Wildman–Crippen MR) is 64.2 cm³/mol. The molecule has 0 spiro atoms. The molecule has 18 heavy (non-hydrogen) atoms. The van der Waals surface area contributed by atoms with Crippen molar-refractivity contribution in [1.82, 2.24) is 4.57 Å². The molecule has 96 valence electrons. The van der Waals surface area contributed by atoms with Crippen LogP contribution in [0.15, 0.2) is 42.7 Å². The third kappa shape index (κ3) is 3.06. The molecular formula is C13H13F3N2. The summed E-state index contributed by atoms with van der Waals surface area (Å²) in [5, 5.41) is 3.07. The number of aryl methyl sites for hydroxylation is 1. The minimum atomic E-state index is -4.28. The summed E-state index contributed by atoms with van der Waals surface area (Å²) in [6.07, 6.45) is -0.404. The average Bonchev–Trinajstić information content (AvgIpc) is 2.72. The summed E-state index contributed by atoms with van der Waals surface area (Å²) in [4.78, 5) is 0. The topological polar surface area (TPSA) is 17.0 Å². The smallest absolute Gasteiger partial charge is 0.381 e. The van der Waals surface area contributed by atoms with Gasteiger partial charge in [-0.2, -0.15) is 13.2 Å². The maximum atomic E-state index is 12.3. The van der Waals surface area contributed by atoms with Crippen LogP contribution < -0.4 is 5.32 Å². The van der Waals surface area contributed by atoms with E-state index >= 15 is 0 Å². The van der Waals surface area contributed by atoms with Crippen molar-refractivity contribution in [2.24, 2.45) is 7.05 Å². The maximum absolute atomic E-state index is 12.3. The van der Waals surface area contributed by atoms with E-state index in [1.54, 1.807) is 0 Å². The van der Waals surface area contributed by atoms with Crippen LogP contribution in [0.25, 0.3) is 0 Å². The Morgan fingerprint density at radius 3 is 2.28 bits per heavy atom. The van der Waals surface area contributed by atoms with Gasteiger partial charge in [0.2, 0.25) is 0 Å². The third-order valence-electron chi connectivity index (χ3n) is 2.60. The fourth-order valence-electron chi connectivity index (χ4n) is 1.65. The normalized spacial score (nSPS) is 11.6. The van der Waals surface area contributed by atoms with Crippen LogP contribution in [0.3, 0.4) is 0 Å². The van der Waals surface area contributed by atoms with Crippen molar-refractivity contribution in [3.8, 4) is 0 Å². The van der Waals surface area contributed by atoms with Crippen molar-refractivity contribution in [2.45, 2.75) is 12.7 Å². The number of hydrogen-bond donors (Lipinski definition) is 1. The highest BCUT2D eigenvalue weighted by molar-refractivity contribution is 5.45. The molecule has 0 atom stereocenters. The molecule has 1 N–H and O–H groups in total. The first kappa shape index (κ1) is 12.5. The SMILES string of the molecule is Cn1ccc(CNc2ccc(C(F)(F)F)cc2)c1. The lowest BCUT2D eigenvalue weighted by Crippen LogP contribution is -2.05. The highest BCUT2D eigenvalue weighted by Crippen LogP contribution is 2.29. The van der Waals surface area contributed by atoms with Gasteiger partial charge in [-0.15, -0.1) is 0 Å². The van der Waals surface area contributed by atoms with Crippen LogP contribution in [-0.4, -0.2) is 4.57 Å². The van der Waals surface area contributed by atoms with Gasteiger partial charge in [0.25, 0.3) is 0 Å². The zero-order valence-corrected chi connectivity index (χ0v) is 9.83. The van der Waals surface area contributed by atoms with Crippen molar-refractivity contribution in [3.05, 3.63) is 53.9 Å². The first-order valence-electron chi connectivity index (χ1n) is 5.47. The van der Waals surface area contributed by atoms with Crippen molar-refractivity contribution >= 4 is 5.69 Å². The molecule has 5 heteroatoms. The van der Waals surface area contributed by atoms with Crippen LogP contribution in [0.1, 0.15) is 11.1 Å². The lowest BCUT2D eigenvalue weighted by molar-refractivity contribution is -0.137. The van der Waals surface area contributed by atoms with E-state index in [9.17, 15) is 13.2 Å². The summed E-state index contributed by atoms with van der Waals surface area (Å²) in [5.74, 6) is 0. The molecule has 2 rings (SSSR count). The molecule has 0 amide bonds. The molecule has 2 aromatic rings. The molecule has 0 aliphatic carbocycles. The number of anilines is 1. The molecule has 0 saturated heterocycles. The van der Waals surface area contributed by atoms with Gasteiger partial charge in [-0.3, -0.25) is 0 Å². The number of nitrogens with one attached hydrogen (secondary N) is 1. The molecule has 0 radical (unpaired) electrons. The van der Waals surface area contributed by atoms with Gasteiger partial charge in [0.05, 0.1) is 5.56 Å². The van der Waals surface area contributed by atoms with Crippen molar-refractivity contribution in [3.63, 3.8) is 0 Å². The van der Waals surface area contributed by atoms with Gasteiger partial charge >= 0.3 is 6.18 Å². The lowest BCUT2D eigenvalue weighted by Gasteiger charge is -2.08. The largest absolute Gasteiger partial charge is 0.416 e. The Morgan fingerprint density at radius 2 is 1.78 bits per heavy atom. The molecular weight excluding hydrogens is 241 g/mol. The molecule has 0 saturated carbocycles. The monoisotopic (exact) mass is 254 g/mol. The minimum absolute atomic E-state index is 0.589. The van der Waals surface area contributed by atoms with Crippen LogP contribution in [0.2, 0.25) is 0 Å². The highest BCUT2D eigenvalue weighted by Gasteiger charge is 2.29. The Bertz CT molecular complexity index is 512. The van der Waals surface area contributed by atoms with E-state index in [0.29, 0.717) is 12.2 Å². The average molecular weight is 254 g/mol. The molecule has 0 unspecified atom stereocenters. The fraction of sp³-hybridized carbons (Fsp3) is 0.231. The van der Waals surface area contributed by atoms with E-state index < -0.39 is 11.7 Å². The van der Waals surface area contributed by atoms with Gasteiger partial charge in [-0.25, -0.2) is 0 Å². The van der Waals surface area contributed by atoms with Gasteiger partial charge in [-0.05, 0) is 35.9 Å². The summed E-state index contributed by atoms with van der Waals surface area (Å²) >= 11 is 0. The standard InChI is InChI=1S/C13H13F3N2/c1-18-7-6-10(9-18)8-17-12-4-2-11(3-5-12)13(14,15)16/h2-7,9,17H,8H2,1H3. The molecule has 1 heterocycles. The van der Waals surface area contributed by atoms with E-state index in [2.05, 4.69) is 5.32 Å². The molecule has 1 aromatic heterocycles. The Labute approximate surface area is 103 Å². The van der Waals surface area contributed by atoms with Crippen LogP contribution in [0.4, 0.5) is 18.9 Å². The Kier molecular flexibility index (Phi) is 3.32. The van der Waals surface area contributed by atoms with E-state index in [-0.39, 0.29) is 0 Å². The quantitative estimate of drug-likeness (QED) is 0.884. The highest BCUT2D eigenvalue weighted by atomic mass is 19.4. The van der Waals surface area contributed by atoms with Gasteiger partial charge in [0, 0.05) is 31.7 Å². The van der Waals surface area contributed by atoms with Gasteiger partial charge < -0.3 is 9.88 Å². The Balaban J connectivity index is 1.98. The number of benzene rings is 1. The van der Waals surface area contributed by atoms with Gasteiger partial charge in [0.15, 0.2) is 0 Å². The van der Waals surface area contributed by atoms with Crippen molar-refractivity contribution in [1.29, 1.82) is 0 Å². The minimum Gasteiger partial charge on any atom is -0.381 e. The number of nitrogens with zero attached hydrogens (tertiary/aromatic N) is 1. The Morgan fingerprint density at radius 1 is 1.11 bits per heavy atom. The molecule has 0 bridgehead atoms. The zero-order valence-electron chi connectivity index (χ0n) is 9.83. The predicted octanol–water partition coefficient (Wildman–Crippen LogP) is 3.66. The molecule has 0 fully saturated rings. The summed E-state index contributed by atoms with van der Waals surface area (Å²) in [7, 11) is 1.92. The first-order chi connectivity index (χ1) is 8.45. The molecule has 0 aliphatic rings. The van der Waals surface area contributed by atoms with Crippen LogP contribution in [-0.2, 0) is 19.8 Å². The van der Waals surface area contributed by atoms with E-state index in [1.807, 2.05) is 30.1 Å². The Hall–Kier alpha value is -1.91. The molecule has 0 aliphatic heterocycles. The van der Waals surface area contributed by atoms with E-state index in [0.717, 1.165) is 17.7 Å². The van der Waals surface area contributed by atoms with Crippen LogP contribution in [0, 0.1) is 0 Å². The number of hydrogen-bond acceptors (Lipinski definition) is 1. The lowest BCUT2D eigenvalue weighted by atomic mass is 10.2. The second-order valence-corrected chi connectivity index (χ2v) is 4.11. The van der Waals surface area contributed by atoms with Gasteiger partial charge in [-0.1, -0.05) is 0 Å². The van der Waals surface area contributed by atoms with E-state index in [4.69, 9.17) is 0 Å². The summed E-state index contributed by atoms with van der Waals surface area (Å²) in [6, 6.07) is 6.98. The summed E-state index contributed by atoms with van der Waals surface area (Å²) in [5.41, 5.74) is 1.12. The number of halogens is 3. The fourth-order valence-corrected chi connectivity index (χ4v) is 1.65. The molecule has 1 aromatic carbocycles. The van der Waals surface area contributed by atoms with Crippen molar-refractivity contribution < 1.29 is 13.2 Å².